The SMILES string of the molecule is CCOC(=O)Cn1c2c(sc1=O)C(c1cccc(Br)c1)C1C(=O)N(c3ccc(C(=O)OCC)cc3)C(=O)C1S2. The second-order valence-corrected chi connectivity index (χ2v) is 11.8. The molecule has 3 heterocycles. The number of hydrogen-bond donors (Lipinski definition) is 0. The number of carbonyl (C=O) groups excluding carboxylic acids is 4. The number of imide groups is 1. The molecule has 0 radical (unpaired) electrons. The molecule has 39 heavy (non-hydrogen) atoms. The van der Waals surface area contributed by atoms with Gasteiger partial charge < -0.3 is 9.47 Å². The first-order valence-electron chi connectivity index (χ1n) is 12.2. The fourth-order valence-electron chi connectivity index (χ4n) is 4.87. The van der Waals surface area contributed by atoms with Gasteiger partial charge in [-0.05, 0) is 55.8 Å². The quantitative estimate of drug-likeness (QED) is 0.282. The van der Waals surface area contributed by atoms with Gasteiger partial charge in [0.05, 0.1) is 35.4 Å². The second-order valence-electron chi connectivity index (χ2n) is 8.80. The summed E-state index contributed by atoms with van der Waals surface area (Å²) in [6.07, 6.45) is 0. The average molecular weight is 632 g/mol. The summed E-state index contributed by atoms with van der Waals surface area (Å²) in [6, 6.07) is 13.5. The van der Waals surface area contributed by atoms with Gasteiger partial charge in [0.1, 0.15) is 11.8 Å². The topological polar surface area (TPSA) is 112 Å². The van der Waals surface area contributed by atoms with Crippen LogP contribution in [0, 0.1) is 5.92 Å². The van der Waals surface area contributed by atoms with Crippen LogP contribution in [0.2, 0.25) is 0 Å². The lowest BCUT2D eigenvalue weighted by molar-refractivity contribution is -0.144. The van der Waals surface area contributed by atoms with Crippen molar-refractivity contribution in [2.24, 2.45) is 5.92 Å². The summed E-state index contributed by atoms with van der Waals surface area (Å²) in [4.78, 5) is 66.5. The van der Waals surface area contributed by atoms with E-state index in [1.807, 2.05) is 24.3 Å². The first-order valence-corrected chi connectivity index (χ1v) is 14.7. The van der Waals surface area contributed by atoms with E-state index in [1.165, 1.54) is 16.7 Å². The molecule has 0 saturated carbocycles. The molecule has 0 spiro atoms. The first-order chi connectivity index (χ1) is 18.7. The third-order valence-corrected chi connectivity index (χ3v) is 9.58. The number of ether oxygens (including phenoxy) is 2. The van der Waals surface area contributed by atoms with E-state index in [1.54, 1.807) is 26.0 Å². The molecule has 9 nitrogen and oxygen atoms in total. The maximum atomic E-state index is 13.9. The average Bonchev–Trinajstić information content (AvgIpc) is 3.35. The zero-order valence-corrected chi connectivity index (χ0v) is 24.1. The molecule has 3 unspecified atom stereocenters. The maximum absolute atomic E-state index is 13.9. The molecule has 2 aliphatic rings. The lowest BCUT2D eigenvalue weighted by Gasteiger charge is -2.30. The Morgan fingerprint density at radius 2 is 1.69 bits per heavy atom. The summed E-state index contributed by atoms with van der Waals surface area (Å²) in [5, 5.41) is -0.328. The van der Waals surface area contributed by atoms with Crippen molar-refractivity contribution in [1.29, 1.82) is 0 Å². The third kappa shape index (κ3) is 4.96. The number of benzene rings is 2. The highest BCUT2D eigenvalue weighted by atomic mass is 79.9. The van der Waals surface area contributed by atoms with Gasteiger partial charge in [-0.1, -0.05) is 51.2 Å². The summed E-state index contributed by atoms with van der Waals surface area (Å²) in [5.41, 5.74) is 1.42. The van der Waals surface area contributed by atoms with Gasteiger partial charge in [0.2, 0.25) is 11.8 Å². The zero-order chi connectivity index (χ0) is 27.8. The number of nitrogens with zero attached hydrogens (tertiary/aromatic N) is 2. The number of rotatable bonds is 7. The minimum atomic E-state index is -0.818. The third-order valence-electron chi connectivity index (χ3n) is 6.49. The van der Waals surface area contributed by atoms with E-state index in [0.29, 0.717) is 21.2 Å². The van der Waals surface area contributed by atoms with Crippen LogP contribution in [-0.4, -0.2) is 46.8 Å². The van der Waals surface area contributed by atoms with Crippen LogP contribution < -0.4 is 9.77 Å². The van der Waals surface area contributed by atoms with E-state index in [0.717, 1.165) is 38.0 Å². The van der Waals surface area contributed by atoms with E-state index in [-0.39, 0.29) is 24.6 Å². The molecule has 0 N–H and O–H groups in total. The molecular weight excluding hydrogens is 608 g/mol. The highest BCUT2D eigenvalue weighted by Gasteiger charge is 2.56. The number of carbonyl (C=O) groups is 4. The Morgan fingerprint density at radius 3 is 2.36 bits per heavy atom. The molecular formula is C27H23BrN2O7S2. The van der Waals surface area contributed by atoms with Gasteiger partial charge in [-0.25, -0.2) is 9.69 Å². The van der Waals surface area contributed by atoms with Crippen molar-refractivity contribution in [2.45, 2.75) is 36.6 Å². The van der Waals surface area contributed by atoms with Gasteiger partial charge in [-0.3, -0.25) is 23.7 Å². The fraction of sp³-hybridized carbons (Fsp3) is 0.296. The van der Waals surface area contributed by atoms with Gasteiger partial charge in [0.25, 0.3) is 0 Å². The van der Waals surface area contributed by atoms with Crippen LogP contribution in [0.1, 0.15) is 40.6 Å². The largest absolute Gasteiger partial charge is 0.465 e. The normalized spacial score (nSPS) is 20.0. The van der Waals surface area contributed by atoms with E-state index >= 15 is 0 Å². The molecule has 2 aliphatic heterocycles. The Labute approximate surface area is 240 Å². The number of thiazole rings is 1. The Morgan fingerprint density at radius 1 is 0.974 bits per heavy atom. The molecule has 2 aromatic carbocycles. The zero-order valence-electron chi connectivity index (χ0n) is 20.9. The number of hydrogen-bond acceptors (Lipinski definition) is 9. The number of fused-ring (bicyclic) bond motifs is 2. The molecule has 202 valence electrons. The van der Waals surface area contributed by atoms with E-state index in [9.17, 15) is 24.0 Å². The summed E-state index contributed by atoms with van der Waals surface area (Å²) in [7, 11) is 0. The van der Waals surface area contributed by atoms with Crippen LogP contribution in [0.3, 0.4) is 0 Å². The predicted molar refractivity (Wildman–Crippen MR) is 149 cm³/mol. The lowest BCUT2D eigenvalue weighted by Crippen LogP contribution is -2.32. The van der Waals surface area contributed by atoms with E-state index < -0.39 is 40.8 Å². The predicted octanol–water partition coefficient (Wildman–Crippen LogP) is 4.21. The van der Waals surface area contributed by atoms with E-state index in [4.69, 9.17) is 9.47 Å². The number of amides is 2. The molecule has 1 fully saturated rings. The second kappa shape index (κ2) is 11.1. The van der Waals surface area contributed by atoms with Crippen molar-refractivity contribution in [3.05, 3.63) is 78.7 Å². The number of anilines is 1. The smallest absolute Gasteiger partial charge is 0.338 e. The molecule has 3 atom stereocenters. The highest BCUT2D eigenvalue weighted by molar-refractivity contribution is 9.10. The number of thioether (sulfide) groups is 1. The molecule has 3 aromatic rings. The van der Waals surface area contributed by atoms with Crippen molar-refractivity contribution < 1.29 is 28.7 Å². The summed E-state index contributed by atoms with van der Waals surface area (Å²) in [6.45, 7) is 3.51. The number of esters is 2. The highest BCUT2D eigenvalue weighted by Crippen LogP contribution is 2.54. The van der Waals surface area contributed by atoms with Crippen LogP contribution in [0.4, 0.5) is 5.69 Å². The summed E-state index contributed by atoms with van der Waals surface area (Å²) in [5.74, 6) is -3.22. The standard InChI is InChI=1S/C27H23BrN2O7S2/c1-3-36-18(31)13-29-25-22(39-27(29)35)19(15-6-5-7-16(28)12-15)20-21(38-25)24(33)30(23(20)32)17-10-8-14(9-11-17)26(34)37-4-2/h5-12,19-21H,3-4,13H2,1-2H3. The maximum Gasteiger partial charge on any atom is 0.338 e. The minimum absolute atomic E-state index is 0.176. The number of halogens is 1. The molecule has 1 aromatic heterocycles. The molecule has 12 heteroatoms. The van der Waals surface area contributed by atoms with Crippen molar-refractivity contribution >= 4 is 68.5 Å². The minimum Gasteiger partial charge on any atom is -0.465 e. The lowest BCUT2D eigenvalue weighted by atomic mass is 9.83. The Bertz CT molecular complexity index is 1530. The van der Waals surface area contributed by atoms with Crippen LogP contribution in [0.25, 0.3) is 0 Å². The van der Waals surface area contributed by atoms with E-state index in [2.05, 4.69) is 15.9 Å². The van der Waals surface area contributed by atoms with Gasteiger partial charge in [0.15, 0.2) is 0 Å². The Balaban J connectivity index is 1.58. The van der Waals surface area contributed by atoms with Gasteiger partial charge in [-0.15, -0.1) is 0 Å². The van der Waals surface area contributed by atoms with Gasteiger partial charge in [-0.2, -0.15) is 0 Å². The summed E-state index contributed by atoms with van der Waals surface area (Å²) < 4.78 is 12.2. The van der Waals surface area contributed by atoms with Crippen molar-refractivity contribution in [2.75, 3.05) is 18.1 Å². The first kappa shape index (κ1) is 27.4. The Kier molecular flexibility index (Phi) is 7.79. The van der Waals surface area contributed by atoms with Crippen molar-refractivity contribution in [1.82, 2.24) is 4.57 Å². The molecule has 0 bridgehead atoms. The van der Waals surface area contributed by atoms with Crippen molar-refractivity contribution in [3.63, 3.8) is 0 Å². The summed E-state index contributed by atoms with van der Waals surface area (Å²) >= 11 is 5.59. The fourth-order valence-corrected chi connectivity index (χ4v) is 8.06. The van der Waals surface area contributed by atoms with Crippen LogP contribution in [0.5, 0.6) is 0 Å². The molecule has 1 saturated heterocycles. The van der Waals surface area contributed by atoms with Crippen LogP contribution in [-0.2, 0) is 30.4 Å². The molecule has 5 rings (SSSR count). The van der Waals surface area contributed by atoms with Crippen LogP contribution >= 0.6 is 39.0 Å². The molecule has 0 aliphatic carbocycles. The molecule has 2 amide bonds. The Hall–Kier alpha value is -3.22. The van der Waals surface area contributed by atoms with Gasteiger partial charge >= 0.3 is 16.8 Å². The van der Waals surface area contributed by atoms with Crippen LogP contribution in [0.15, 0.2) is 62.8 Å². The van der Waals surface area contributed by atoms with Crippen molar-refractivity contribution in [3.8, 4) is 0 Å². The monoisotopic (exact) mass is 630 g/mol. The number of aromatic nitrogens is 1. The van der Waals surface area contributed by atoms with Gasteiger partial charge in [0, 0.05) is 15.3 Å².